The third-order valence-corrected chi connectivity index (χ3v) is 5.21. The maximum absolute atomic E-state index is 13.0. The van der Waals surface area contributed by atoms with Gasteiger partial charge >= 0.3 is 5.97 Å². The van der Waals surface area contributed by atoms with E-state index in [-0.39, 0.29) is 17.2 Å². The van der Waals surface area contributed by atoms with Crippen LogP contribution in [0.15, 0.2) is 70.9 Å². The molecule has 0 saturated carbocycles. The molecule has 1 aliphatic rings. The topological polar surface area (TPSA) is 95.7 Å². The Morgan fingerprint density at radius 1 is 1.26 bits per heavy atom. The third-order valence-electron chi connectivity index (χ3n) is 4.70. The van der Waals surface area contributed by atoms with Crippen LogP contribution in [-0.4, -0.2) is 38.0 Å². The molecular weight excluding hydrogens is 438 g/mol. The first-order valence-corrected chi connectivity index (χ1v) is 10.1. The zero-order valence-corrected chi connectivity index (χ0v) is 17.6. The van der Waals surface area contributed by atoms with Gasteiger partial charge in [-0.3, -0.25) is 9.69 Å². The van der Waals surface area contributed by atoms with E-state index in [1.807, 2.05) is 18.2 Å². The minimum Gasteiger partial charge on any atom is -0.480 e. The van der Waals surface area contributed by atoms with Crippen LogP contribution in [-0.2, 0) is 16.0 Å². The second kappa shape index (κ2) is 8.71. The fourth-order valence-corrected chi connectivity index (χ4v) is 3.74. The van der Waals surface area contributed by atoms with Gasteiger partial charge in [0.1, 0.15) is 28.4 Å². The molecule has 3 aromatic rings. The maximum Gasteiger partial charge on any atom is 0.327 e. The number of carbonyl (C=O) groups is 2. The number of carboxylic acid groups (broad SMARTS) is 1. The lowest BCUT2D eigenvalue weighted by Gasteiger charge is -2.22. The Kier molecular flexibility index (Phi) is 5.83. The van der Waals surface area contributed by atoms with Crippen molar-refractivity contribution in [3.8, 4) is 11.3 Å². The molecule has 3 heterocycles. The van der Waals surface area contributed by atoms with Crippen molar-refractivity contribution in [3.05, 3.63) is 83.0 Å². The van der Waals surface area contributed by atoms with Crippen molar-refractivity contribution in [2.24, 2.45) is 0 Å². The summed E-state index contributed by atoms with van der Waals surface area (Å²) in [5.74, 6) is -0.720. The Morgan fingerprint density at radius 3 is 2.74 bits per heavy atom. The summed E-state index contributed by atoms with van der Waals surface area (Å²) in [6, 6.07) is 14.8. The zero-order valence-electron chi connectivity index (χ0n) is 16.0. The number of nitrogens with one attached hydrogen (secondary N) is 1. The number of hydrogen-bond acceptors (Lipinski definition) is 5. The van der Waals surface area contributed by atoms with Gasteiger partial charge in [0.15, 0.2) is 5.11 Å². The quantitative estimate of drug-likeness (QED) is 0.333. The number of halogens is 1. The molecule has 1 atom stereocenters. The van der Waals surface area contributed by atoms with Crippen LogP contribution in [0.5, 0.6) is 0 Å². The number of aliphatic carboxylic acids is 1. The molecule has 4 rings (SSSR count). The Bertz CT molecular complexity index is 1190. The van der Waals surface area contributed by atoms with E-state index in [0.717, 1.165) is 16.0 Å². The standard InChI is InChI=1S/C22H16ClN3O4S/c23-19-11-14(8-9-24-19)18-7-6-15(30-18)12-16-20(27)26(22(31)25-16)17(21(28)29)10-13-4-2-1-3-5-13/h1-9,11-12,17H,10H2,(H,25,31)(H,28,29)/b16-12+. The van der Waals surface area contributed by atoms with E-state index in [2.05, 4.69) is 10.3 Å². The van der Waals surface area contributed by atoms with Gasteiger partial charge in [-0.1, -0.05) is 41.9 Å². The van der Waals surface area contributed by atoms with E-state index in [9.17, 15) is 14.7 Å². The lowest BCUT2D eigenvalue weighted by Crippen LogP contribution is -2.46. The van der Waals surface area contributed by atoms with Gasteiger partial charge in [-0.05, 0) is 42.0 Å². The lowest BCUT2D eigenvalue weighted by atomic mass is 10.0. The van der Waals surface area contributed by atoms with Crippen LogP contribution < -0.4 is 5.32 Å². The van der Waals surface area contributed by atoms with Gasteiger partial charge < -0.3 is 14.8 Å². The number of pyridine rings is 1. The highest BCUT2D eigenvalue weighted by Crippen LogP contribution is 2.26. The number of thiocarbonyl (C=S) groups is 1. The van der Waals surface area contributed by atoms with Gasteiger partial charge in [-0.2, -0.15) is 0 Å². The van der Waals surface area contributed by atoms with Crippen molar-refractivity contribution in [3.63, 3.8) is 0 Å². The Labute approximate surface area is 188 Å². The number of amides is 1. The van der Waals surface area contributed by atoms with E-state index in [4.69, 9.17) is 28.2 Å². The van der Waals surface area contributed by atoms with Crippen molar-refractivity contribution in [1.29, 1.82) is 0 Å². The number of nitrogens with zero attached hydrogens (tertiary/aromatic N) is 2. The molecule has 9 heteroatoms. The molecule has 31 heavy (non-hydrogen) atoms. The van der Waals surface area contributed by atoms with Gasteiger partial charge in [0, 0.05) is 24.3 Å². The number of carboxylic acids is 1. The molecule has 0 bridgehead atoms. The van der Waals surface area contributed by atoms with Crippen LogP contribution in [0.3, 0.4) is 0 Å². The second-order valence-electron chi connectivity index (χ2n) is 6.78. The summed E-state index contributed by atoms with van der Waals surface area (Å²) in [7, 11) is 0. The van der Waals surface area contributed by atoms with Crippen molar-refractivity contribution < 1.29 is 19.1 Å². The zero-order chi connectivity index (χ0) is 22.0. The molecule has 1 fully saturated rings. The number of rotatable bonds is 6. The minimum absolute atomic E-state index is 0.0345. The van der Waals surface area contributed by atoms with Crippen molar-refractivity contribution >= 4 is 46.9 Å². The first-order chi connectivity index (χ1) is 14.9. The van der Waals surface area contributed by atoms with E-state index in [0.29, 0.717) is 16.7 Å². The van der Waals surface area contributed by atoms with Gasteiger partial charge in [-0.15, -0.1) is 0 Å². The highest BCUT2D eigenvalue weighted by Gasteiger charge is 2.39. The maximum atomic E-state index is 13.0. The van der Waals surface area contributed by atoms with Gasteiger partial charge in [-0.25, -0.2) is 9.78 Å². The Morgan fingerprint density at radius 2 is 2.03 bits per heavy atom. The first kappa shape index (κ1) is 20.8. The molecule has 1 amide bonds. The average molecular weight is 454 g/mol. The number of furan rings is 1. The summed E-state index contributed by atoms with van der Waals surface area (Å²) in [6.07, 6.45) is 3.18. The smallest absolute Gasteiger partial charge is 0.327 e. The summed E-state index contributed by atoms with van der Waals surface area (Å²) in [5, 5.41) is 12.9. The predicted octanol–water partition coefficient (Wildman–Crippen LogP) is 3.75. The normalized spacial score (nSPS) is 15.9. The number of aromatic nitrogens is 1. The Hall–Kier alpha value is -3.49. The molecule has 7 nitrogen and oxygen atoms in total. The van der Waals surface area contributed by atoms with Crippen molar-refractivity contribution in [1.82, 2.24) is 15.2 Å². The molecular formula is C22H16ClN3O4S. The van der Waals surface area contributed by atoms with Gasteiger partial charge in [0.05, 0.1) is 0 Å². The molecule has 1 saturated heterocycles. The predicted molar refractivity (Wildman–Crippen MR) is 119 cm³/mol. The summed E-state index contributed by atoms with van der Waals surface area (Å²) in [4.78, 5) is 29.9. The summed E-state index contributed by atoms with van der Waals surface area (Å²) in [6.45, 7) is 0. The van der Waals surface area contributed by atoms with Crippen molar-refractivity contribution in [2.75, 3.05) is 0 Å². The van der Waals surface area contributed by atoms with Gasteiger partial charge in [0.2, 0.25) is 0 Å². The molecule has 156 valence electrons. The van der Waals surface area contributed by atoms with E-state index in [1.54, 1.807) is 42.6 Å². The van der Waals surface area contributed by atoms with Crippen LogP contribution in [0.2, 0.25) is 5.15 Å². The highest BCUT2D eigenvalue weighted by molar-refractivity contribution is 7.80. The molecule has 2 N–H and O–H groups in total. The first-order valence-electron chi connectivity index (χ1n) is 9.27. The molecule has 0 radical (unpaired) electrons. The minimum atomic E-state index is -1.14. The number of carbonyl (C=O) groups excluding carboxylic acids is 1. The Balaban J connectivity index is 1.57. The second-order valence-corrected chi connectivity index (χ2v) is 7.55. The van der Waals surface area contributed by atoms with Crippen LogP contribution >= 0.6 is 23.8 Å². The summed E-state index contributed by atoms with van der Waals surface area (Å²) in [5.41, 5.74) is 1.66. The van der Waals surface area contributed by atoms with E-state index in [1.165, 1.54) is 6.08 Å². The van der Waals surface area contributed by atoms with E-state index < -0.39 is 17.9 Å². The number of benzene rings is 1. The lowest BCUT2D eigenvalue weighted by molar-refractivity contribution is -0.145. The summed E-state index contributed by atoms with van der Waals surface area (Å²) < 4.78 is 5.78. The van der Waals surface area contributed by atoms with Crippen LogP contribution in [0.1, 0.15) is 11.3 Å². The largest absolute Gasteiger partial charge is 0.480 e. The van der Waals surface area contributed by atoms with Crippen LogP contribution in [0, 0.1) is 0 Å². The molecule has 1 aliphatic heterocycles. The highest BCUT2D eigenvalue weighted by atomic mass is 35.5. The molecule has 1 unspecified atom stereocenters. The molecule has 1 aromatic carbocycles. The molecule has 0 aliphatic carbocycles. The SMILES string of the molecule is O=C(O)C(Cc1ccccc1)N1C(=O)/C(=C\c2ccc(-c3ccnc(Cl)c3)o2)NC1=S. The third kappa shape index (κ3) is 4.50. The van der Waals surface area contributed by atoms with Crippen LogP contribution in [0.25, 0.3) is 17.4 Å². The fraction of sp³-hybridized carbons (Fsp3) is 0.0909. The van der Waals surface area contributed by atoms with E-state index >= 15 is 0 Å². The molecule has 2 aromatic heterocycles. The summed E-state index contributed by atoms with van der Waals surface area (Å²) >= 11 is 11.2. The number of hydrogen-bond donors (Lipinski definition) is 2. The van der Waals surface area contributed by atoms with Gasteiger partial charge in [0.25, 0.3) is 5.91 Å². The fourth-order valence-electron chi connectivity index (χ4n) is 3.24. The molecule has 0 spiro atoms. The average Bonchev–Trinajstić information content (AvgIpc) is 3.32. The monoisotopic (exact) mass is 453 g/mol. The van der Waals surface area contributed by atoms with Crippen molar-refractivity contribution in [2.45, 2.75) is 12.5 Å². The van der Waals surface area contributed by atoms with Crippen LogP contribution in [0.4, 0.5) is 0 Å².